The Kier molecular flexibility index (Phi) is 4.75. The predicted molar refractivity (Wildman–Crippen MR) is 87.3 cm³/mol. The van der Waals surface area contributed by atoms with Gasteiger partial charge in [0.2, 0.25) is 0 Å². The van der Waals surface area contributed by atoms with Crippen LogP contribution in [0.4, 0.5) is 11.5 Å². The number of carbonyl (C=O) groups excluding carboxylic acids is 1. The Bertz CT molecular complexity index is 651. The van der Waals surface area contributed by atoms with Gasteiger partial charge in [-0.05, 0) is 47.7 Å². The van der Waals surface area contributed by atoms with Crippen LogP contribution in [0.15, 0.2) is 22.7 Å². The van der Waals surface area contributed by atoms with Gasteiger partial charge in [-0.2, -0.15) is 0 Å². The van der Waals surface area contributed by atoms with E-state index in [1.54, 1.807) is 6.92 Å². The molecule has 7 heteroatoms. The fourth-order valence-corrected chi connectivity index (χ4v) is 2.56. The average molecular weight is 452 g/mol. The van der Waals surface area contributed by atoms with Gasteiger partial charge in [-0.15, -0.1) is 0 Å². The van der Waals surface area contributed by atoms with Crippen LogP contribution in [0.25, 0.3) is 0 Å². The average Bonchev–Trinajstić information content (AvgIpc) is 2.33. The Hall–Kier alpha value is -0.730. The van der Waals surface area contributed by atoms with E-state index in [0.29, 0.717) is 17.9 Å². The molecule has 0 saturated carbocycles. The molecule has 0 unspecified atom stereocenters. The molecule has 19 heavy (non-hydrogen) atoms. The second-order valence-electron chi connectivity index (χ2n) is 3.69. The molecule has 0 amide bonds. The highest BCUT2D eigenvalue weighted by Gasteiger charge is 2.12. The summed E-state index contributed by atoms with van der Waals surface area (Å²) in [5, 5.41) is 3.26. The highest BCUT2D eigenvalue weighted by Crippen LogP contribution is 2.28. The Morgan fingerprint density at radius 2 is 2.16 bits per heavy atom. The van der Waals surface area contributed by atoms with Gasteiger partial charge >= 0.3 is 0 Å². The molecule has 0 spiro atoms. The van der Waals surface area contributed by atoms with Gasteiger partial charge in [-0.25, -0.2) is 9.97 Å². The van der Waals surface area contributed by atoms with E-state index in [1.807, 2.05) is 18.2 Å². The zero-order chi connectivity index (χ0) is 14.0. The highest BCUT2D eigenvalue weighted by molar-refractivity contribution is 14.1. The zero-order valence-electron chi connectivity index (χ0n) is 9.75. The molecular formula is C12H8BrClIN3O. The summed E-state index contributed by atoms with van der Waals surface area (Å²) in [6.07, 6.45) is 0.648. The van der Waals surface area contributed by atoms with E-state index in [-0.39, 0.29) is 10.7 Å². The molecule has 0 aliphatic carbocycles. The summed E-state index contributed by atoms with van der Waals surface area (Å²) >= 11 is 11.5. The third kappa shape index (κ3) is 3.43. The van der Waals surface area contributed by atoms with Crippen molar-refractivity contribution < 1.29 is 4.79 Å². The number of aldehydes is 1. The van der Waals surface area contributed by atoms with E-state index in [0.717, 1.165) is 13.7 Å². The van der Waals surface area contributed by atoms with Crippen LogP contribution in [0.2, 0.25) is 5.15 Å². The van der Waals surface area contributed by atoms with Crippen LogP contribution in [0.3, 0.4) is 0 Å². The van der Waals surface area contributed by atoms with Gasteiger partial charge in [0.15, 0.2) is 6.29 Å². The molecular weight excluding hydrogens is 444 g/mol. The van der Waals surface area contributed by atoms with Gasteiger partial charge in [0.1, 0.15) is 16.8 Å². The summed E-state index contributed by atoms with van der Waals surface area (Å²) in [4.78, 5) is 19.3. The molecule has 0 aliphatic rings. The smallest absolute Gasteiger partial charge is 0.156 e. The fourth-order valence-electron chi connectivity index (χ4n) is 1.47. The van der Waals surface area contributed by atoms with Crippen molar-refractivity contribution in [1.82, 2.24) is 9.97 Å². The van der Waals surface area contributed by atoms with E-state index >= 15 is 0 Å². The van der Waals surface area contributed by atoms with Crippen molar-refractivity contribution in [2.24, 2.45) is 0 Å². The van der Waals surface area contributed by atoms with Crippen molar-refractivity contribution in [1.29, 1.82) is 0 Å². The van der Waals surface area contributed by atoms with Crippen LogP contribution in [-0.2, 0) is 0 Å². The molecule has 2 rings (SSSR count). The largest absolute Gasteiger partial charge is 0.339 e. The number of halogens is 3. The lowest BCUT2D eigenvalue weighted by Gasteiger charge is -2.11. The molecule has 4 nitrogen and oxygen atoms in total. The Morgan fingerprint density at radius 1 is 1.42 bits per heavy atom. The highest BCUT2D eigenvalue weighted by atomic mass is 127. The van der Waals surface area contributed by atoms with E-state index in [9.17, 15) is 4.79 Å². The Morgan fingerprint density at radius 3 is 2.84 bits per heavy atom. The van der Waals surface area contributed by atoms with Crippen LogP contribution in [-0.4, -0.2) is 16.3 Å². The summed E-state index contributed by atoms with van der Waals surface area (Å²) in [5.41, 5.74) is 1.09. The van der Waals surface area contributed by atoms with Crippen molar-refractivity contribution >= 4 is 67.9 Å². The third-order valence-corrected chi connectivity index (χ3v) is 4.03. The maximum absolute atomic E-state index is 11.1. The second kappa shape index (κ2) is 6.15. The van der Waals surface area contributed by atoms with Crippen molar-refractivity contribution in [2.75, 3.05) is 5.32 Å². The molecule has 0 bridgehead atoms. The quantitative estimate of drug-likeness (QED) is 0.427. The van der Waals surface area contributed by atoms with Crippen molar-refractivity contribution in [3.63, 3.8) is 0 Å². The first-order valence-corrected chi connectivity index (χ1v) is 7.47. The lowest BCUT2D eigenvalue weighted by atomic mass is 10.3. The number of carbonyl (C=O) groups is 1. The monoisotopic (exact) mass is 451 g/mol. The topological polar surface area (TPSA) is 54.9 Å². The molecule has 98 valence electrons. The minimum atomic E-state index is 0.148. The number of nitrogens with one attached hydrogen (secondary N) is 1. The summed E-state index contributed by atoms with van der Waals surface area (Å²) in [6, 6.07) is 5.79. The minimum absolute atomic E-state index is 0.148. The van der Waals surface area contributed by atoms with Gasteiger partial charge in [0.05, 0.1) is 11.3 Å². The molecule has 0 atom stereocenters. The molecule has 2 aromatic rings. The molecule has 1 aromatic carbocycles. The lowest BCUT2D eigenvalue weighted by Crippen LogP contribution is -2.04. The Balaban J connectivity index is 2.48. The normalized spacial score (nSPS) is 10.3. The first-order chi connectivity index (χ1) is 9.01. The number of anilines is 2. The molecule has 0 fully saturated rings. The van der Waals surface area contributed by atoms with Crippen LogP contribution in [0.5, 0.6) is 0 Å². The van der Waals surface area contributed by atoms with Gasteiger partial charge < -0.3 is 5.32 Å². The molecule has 1 N–H and O–H groups in total. The fraction of sp³-hybridized carbons (Fsp3) is 0.0833. The molecule has 0 saturated heterocycles. The number of aromatic nitrogens is 2. The number of benzene rings is 1. The first-order valence-electron chi connectivity index (χ1n) is 5.22. The zero-order valence-corrected chi connectivity index (χ0v) is 14.2. The second-order valence-corrected chi connectivity index (χ2v) is 6.13. The van der Waals surface area contributed by atoms with Gasteiger partial charge in [-0.3, -0.25) is 4.79 Å². The van der Waals surface area contributed by atoms with Gasteiger partial charge in [0, 0.05) is 8.04 Å². The van der Waals surface area contributed by atoms with Gasteiger partial charge in [0.25, 0.3) is 0 Å². The van der Waals surface area contributed by atoms with E-state index < -0.39 is 0 Å². The minimum Gasteiger partial charge on any atom is -0.339 e. The van der Waals surface area contributed by atoms with E-state index in [2.05, 4.69) is 53.8 Å². The van der Waals surface area contributed by atoms with Crippen molar-refractivity contribution in [2.45, 2.75) is 6.92 Å². The number of aryl methyl sites for hydroxylation is 1. The molecule has 0 radical (unpaired) electrons. The number of rotatable bonds is 3. The van der Waals surface area contributed by atoms with Gasteiger partial charge in [-0.1, -0.05) is 27.5 Å². The maximum Gasteiger partial charge on any atom is 0.156 e. The lowest BCUT2D eigenvalue weighted by molar-refractivity contribution is 0.112. The van der Waals surface area contributed by atoms with Crippen LogP contribution >= 0.6 is 50.1 Å². The van der Waals surface area contributed by atoms with Crippen LogP contribution in [0, 0.1) is 10.5 Å². The Labute approximate surface area is 137 Å². The van der Waals surface area contributed by atoms with Crippen LogP contribution in [0.1, 0.15) is 16.2 Å². The van der Waals surface area contributed by atoms with Crippen molar-refractivity contribution in [3.05, 3.63) is 42.8 Å². The predicted octanol–water partition coefficient (Wildman–Crippen LogP) is 4.36. The molecule has 1 heterocycles. The third-order valence-electron chi connectivity index (χ3n) is 2.31. The summed E-state index contributed by atoms with van der Waals surface area (Å²) < 4.78 is 1.94. The van der Waals surface area contributed by atoms with E-state index in [1.165, 1.54) is 0 Å². The van der Waals surface area contributed by atoms with E-state index in [4.69, 9.17) is 11.6 Å². The summed E-state index contributed by atoms with van der Waals surface area (Å²) in [7, 11) is 0. The first kappa shape index (κ1) is 14.7. The molecule has 0 aliphatic heterocycles. The number of nitrogens with zero attached hydrogens (tertiary/aromatic N) is 2. The number of hydrogen-bond acceptors (Lipinski definition) is 4. The standard InChI is InChI=1S/C12H8BrClIN3O/c1-6-16-11(14)8(5-19)12(17-6)18-10-4-7(13)2-3-9(10)15/h2-5H,1H3,(H,16,17,18). The maximum atomic E-state index is 11.1. The summed E-state index contributed by atoms with van der Waals surface area (Å²) in [6.45, 7) is 1.72. The number of hydrogen-bond donors (Lipinski definition) is 1. The molecule has 1 aromatic heterocycles. The summed E-state index contributed by atoms with van der Waals surface area (Å²) in [5.74, 6) is 0.909. The van der Waals surface area contributed by atoms with Crippen LogP contribution < -0.4 is 5.32 Å². The SMILES string of the molecule is Cc1nc(Cl)c(C=O)c(Nc2cc(Br)ccc2I)n1. The van der Waals surface area contributed by atoms with Crippen molar-refractivity contribution in [3.8, 4) is 0 Å².